The predicted octanol–water partition coefficient (Wildman–Crippen LogP) is 2.64. The molecule has 0 saturated carbocycles. The van der Waals surface area contributed by atoms with Gasteiger partial charge >= 0.3 is 0 Å². The van der Waals surface area contributed by atoms with Crippen molar-refractivity contribution < 1.29 is 13.6 Å². The van der Waals surface area contributed by atoms with Gasteiger partial charge in [-0.2, -0.15) is 5.26 Å². The van der Waals surface area contributed by atoms with Crippen molar-refractivity contribution in [1.82, 2.24) is 5.32 Å². The summed E-state index contributed by atoms with van der Waals surface area (Å²) in [6, 6.07) is 10.9. The van der Waals surface area contributed by atoms with E-state index in [0.717, 1.165) is 0 Å². The van der Waals surface area contributed by atoms with Crippen molar-refractivity contribution in [1.29, 1.82) is 5.26 Å². The lowest BCUT2D eigenvalue weighted by molar-refractivity contribution is -0.117. The van der Waals surface area contributed by atoms with Crippen LogP contribution in [-0.4, -0.2) is 5.91 Å². The summed E-state index contributed by atoms with van der Waals surface area (Å²) in [6.07, 6.45) is 2.83. The predicted molar refractivity (Wildman–Crippen MR) is 70.5 cm³/mol. The molecule has 0 radical (unpaired) electrons. The molecule has 0 unspecified atom stereocenters. The fraction of sp³-hybridized carbons (Fsp3) is 0.0667. The summed E-state index contributed by atoms with van der Waals surface area (Å²) < 4.78 is 18.1. The summed E-state index contributed by atoms with van der Waals surface area (Å²) in [5.74, 6) is -0.374. The number of amides is 1. The van der Waals surface area contributed by atoms with E-state index in [1.165, 1.54) is 30.5 Å². The molecule has 1 heterocycles. The van der Waals surface area contributed by atoms with Gasteiger partial charge in [0.05, 0.1) is 12.8 Å². The number of rotatable bonds is 4. The average Bonchev–Trinajstić information content (AvgIpc) is 2.95. The van der Waals surface area contributed by atoms with Crippen LogP contribution >= 0.6 is 0 Å². The lowest BCUT2D eigenvalue weighted by atomic mass is 10.1. The van der Waals surface area contributed by atoms with Crippen molar-refractivity contribution in [2.24, 2.45) is 0 Å². The van der Waals surface area contributed by atoms with Crippen LogP contribution in [0.25, 0.3) is 6.08 Å². The number of benzene rings is 1. The van der Waals surface area contributed by atoms with E-state index >= 15 is 0 Å². The van der Waals surface area contributed by atoms with E-state index in [1.54, 1.807) is 24.3 Å². The van der Waals surface area contributed by atoms with Gasteiger partial charge in [0.15, 0.2) is 0 Å². The third-order valence-corrected chi connectivity index (χ3v) is 2.53. The maximum atomic E-state index is 13.0. The van der Waals surface area contributed by atoms with Gasteiger partial charge in [-0.15, -0.1) is 0 Å². The molecular weight excluding hydrogens is 259 g/mol. The van der Waals surface area contributed by atoms with Gasteiger partial charge in [-0.05, 0) is 35.9 Å². The Morgan fingerprint density at radius 3 is 2.90 bits per heavy atom. The second-order valence-electron chi connectivity index (χ2n) is 3.99. The Kier molecular flexibility index (Phi) is 4.30. The minimum absolute atomic E-state index is 0.0952. The molecule has 100 valence electrons. The Labute approximate surface area is 115 Å². The van der Waals surface area contributed by atoms with Crippen LogP contribution in [0, 0.1) is 17.1 Å². The van der Waals surface area contributed by atoms with Crippen LogP contribution in [0.2, 0.25) is 0 Å². The van der Waals surface area contributed by atoms with Crippen molar-refractivity contribution in [3.63, 3.8) is 0 Å². The quantitative estimate of drug-likeness (QED) is 0.686. The number of hydrogen-bond acceptors (Lipinski definition) is 3. The second-order valence-corrected chi connectivity index (χ2v) is 3.99. The van der Waals surface area contributed by atoms with E-state index in [-0.39, 0.29) is 12.1 Å². The van der Waals surface area contributed by atoms with Gasteiger partial charge in [0.1, 0.15) is 23.2 Å². The summed E-state index contributed by atoms with van der Waals surface area (Å²) in [5, 5.41) is 11.5. The van der Waals surface area contributed by atoms with Crippen LogP contribution in [-0.2, 0) is 11.3 Å². The Morgan fingerprint density at radius 1 is 1.40 bits per heavy atom. The third kappa shape index (κ3) is 3.56. The maximum absolute atomic E-state index is 13.0. The van der Waals surface area contributed by atoms with Crippen molar-refractivity contribution in [2.75, 3.05) is 0 Å². The Balaban J connectivity index is 2.07. The number of furan rings is 1. The molecule has 20 heavy (non-hydrogen) atoms. The van der Waals surface area contributed by atoms with E-state index in [4.69, 9.17) is 9.68 Å². The van der Waals surface area contributed by atoms with Gasteiger partial charge < -0.3 is 9.73 Å². The molecule has 2 aromatic rings. The monoisotopic (exact) mass is 270 g/mol. The average molecular weight is 270 g/mol. The highest BCUT2D eigenvalue weighted by atomic mass is 19.1. The summed E-state index contributed by atoms with van der Waals surface area (Å²) in [7, 11) is 0. The number of halogens is 1. The SMILES string of the molecule is N#C/C(=C/c1cccc(F)c1)C(=O)NCc1ccco1. The molecule has 0 spiro atoms. The molecule has 0 aliphatic carbocycles. The molecule has 5 heteroatoms. The number of nitriles is 1. The van der Waals surface area contributed by atoms with Crippen LogP contribution < -0.4 is 5.32 Å². The summed E-state index contributed by atoms with van der Waals surface area (Å²) in [5.41, 5.74) is 0.358. The largest absolute Gasteiger partial charge is 0.467 e. The lowest BCUT2D eigenvalue weighted by Crippen LogP contribution is -2.23. The highest BCUT2D eigenvalue weighted by Gasteiger charge is 2.09. The van der Waals surface area contributed by atoms with Gasteiger partial charge in [0.2, 0.25) is 0 Å². The molecule has 1 N–H and O–H groups in total. The fourth-order valence-electron chi connectivity index (χ4n) is 1.59. The molecule has 0 aliphatic heterocycles. The van der Waals surface area contributed by atoms with Gasteiger partial charge in [0.25, 0.3) is 5.91 Å². The van der Waals surface area contributed by atoms with E-state index in [9.17, 15) is 9.18 Å². The molecule has 1 aromatic carbocycles. The first kappa shape index (κ1) is 13.6. The molecule has 0 atom stereocenters. The number of hydrogen-bond donors (Lipinski definition) is 1. The zero-order valence-electron chi connectivity index (χ0n) is 10.5. The summed E-state index contributed by atoms with van der Waals surface area (Å²) in [6.45, 7) is 0.188. The summed E-state index contributed by atoms with van der Waals surface area (Å²) in [4.78, 5) is 11.8. The molecule has 4 nitrogen and oxygen atoms in total. The highest BCUT2D eigenvalue weighted by Crippen LogP contribution is 2.09. The van der Waals surface area contributed by atoms with Crippen LogP contribution in [0.15, 0.2) is 52.7 Å². The summed E-state index contributed by atoms with van der Waals surface area (Å²) >= 11 is 0. The van der Waals surface area contributed by atoms with Crippen molar-refractivity contribution >= 4 is 12.0 Å². The van der Waals surface area contributed by atoms with Crippen molar-refractivity contribution in [3.05, 3.63) is 65.4 Å². The number of nitrogens with one attached hydrogen (secondary N) is 1. The van der Waals surface area contributed by atoms with Gasteiger partial charge in [-0.3, -0.25) is 4.79 Å². The first-order valence-electron chi connectivity index (χ1n) is 5.87. The zero-order chi connectivity index (χ0) is 14.4. The topological polar surface area (TPSA) is 66.0 Å². The molecular formula is C15H11FN2O2. The highest BCUT2D eigenvalue weighted by molar-refractivity contribution is 6.01. The molecule has 0 bridgehead atoms. The zero-order valence-corrected chi connectivity index (χ0v) is 10.5. The normalized spacial score (nSPS) is 10.9. The molecule has 0 saturated heterocycles. The van der Waals surface area contributed by atoms with Crippen molar-refractivity contribution in [3.8, 4) is 6.07 Å². The van der Waals surface area contributed by atoms with Gasteiger partial charge in [0, 0.05) is 0 Å². The molecule has 0 fully saturated rings. The maximum Gasteiger partial charge on any atom is 0.262 e. The minimum Gasteiger partial charge on any atom is -0.467 e. The molecule has 0 aliphatic rings. The van der Waals surface area contributed by atoms with Crippen LogP contribution in [0.3, 0.4) is 0 Å². The van der Waals surface area contributed by atoms with E-state index in [2.05, 4.69) is 5.32 Å². The third-order valence-electron chi connectivity index (χ3n) is 2.53. The van der Waals surface area contributed by atoms with Crippen LogP contribution in [0.4, 0.5) is 4.39 Å². The second kappa shape index (κ2) is 6.34. The lowest BCUT2D eigenvalue weighted by Gasteiger charge is -2.02. The smallest absolute Gasteiger partial charge is 0.262 e. The number of carbonyl (C=O) groups is 1. The Bertz CT molecular complexity index is 669. The number of nitrogens with zero attached hydrogens (tertiary/aromatic N) is 1. The van der Waals surface area contributed by atoms with Crippen LogP contribution in [0.1, 0.15) is 11.3 Å². The van der Waals surface area contributed by atoms with E-state index in [1.807, 2.05) is 0 Å². The van der Waals surface area contributed by atoms with E-state index in [0.29, 0.717) is 11.3 Å². The minimum atomic E-state index is -0.534. The Hall–Kier alpha value is -2.87. The standard InChI is InChI=1S/C15H11FN2O2/c16-13-4-1-3-11(8-13)7-12(9-17)15(19)18-10-14-5-2-6-20-14/h1-8H,10H2,(H,18,19)/b12-7-. The van der Waals surface area contributed by atoms with Gasteiger partial charge in [-0.25, -0.2) is 4.39 Å². The number of carbonyl (C=O) groups excluding carboxylic acids is 1. The van der Waals surface area contributed by atoms with Crippen molar-refractivity contribution in [2.45, 2.75) is 6.54 Å². The first-order valence-corrected chi connectivity index (χ1v) is 5.87. The molecule has 2 rings (SSSR count). The molecule has 1 aromatic heterocycles. The molecule has 1 amide bonds. The van der Waals surface area contributed by atoms with Crippen LogP contribution in [0.5, 0.6) is 0 Å². The van der Waals surface area contributed by atoms with Gasteiger partial charge in [-0.1, -0.05) is 12.1 Å². The fourth-order valence-corrected chi connectivity index (χ4v) is 1.59. The first-order chi connectivity index (χ1) is 9.69. The van der Waals surface area contributed by atoms with E-state index < -0.39 is 11.7 Å². The Morgan fingerprint density at radius 2 is 2.25 bits per heavy atom.